The van der Waals surface area contributed by atoms with Gasteiger partial charge in [0, 0.05) is 17.8 Å². The molecule has 0 fully saturated rings. The van der Waals surface area contributed by atoms with Crippen molar-refractivity contribution in [2.45, 2.75) is 26.3 Å². The summed E-state index contributed by atoms with van der Waals surface area (Å²) < 4.78 is 13.0. The van der Waals surface area contributed by atoms with Crippen LogP contribution in [0.4, 0.5) is 10.1 Å². The summed E-state index contributed by atoms with van der Waals surface area (Å²) in [5.74, 6) is -0.592. The number of hydrogen-bond donors (Lipinski definition) is 3. The lowest BCUT2D eigenvalue weighted by Gasteiger charge is -2.20. The SMILES string of the molecule is CCC(Nc1cccc(C(=O)NCCO)c1C)c1ccc(F)cn1. The van der Waals surface area contributed by atoms with Crippen molar-refractivity contribution in [2.75, 3.05) is 18.5 Å². The second-order valence-corrected chi connectivity index (χ2v) is 5.46. The highest BCUT2D eigenvalue weighted by molar-refractivity contribution is 5.97. The number of anilines is 1. The summed E-state index contributed by atoms with van der Waals surface area (Å²) in [6.45, 7) is 3.99. The van der Waals surface area contributed by atoms with E-state index in [9.17, 15) is 9.18 Å². The number of aromatic nitrogens is 1. The van der Waals surface area contributed by atoms with E-state index < -0.39 is 0 Å². The third-order valence-corrected chi connectivity index (χ3v) is 3.82. The van der Waals surface area contributed by atoms with Crippen LogP contribution in [0.5, 0.6) is 0 Å². The van der Waals surface area contributed by atoms with Gasteiger partial charge in [-0.05, 0) is 43.2 Å². The fourth-order valence-electron chi connectivity index (χ4n) is 2.47. The molecule has 0 radical (unpaired) electrons. The van der Waals surface area contributed by atoms with Crippen molar-refractivity contribution >= 4 is 11.6 Å². The number of carbonyl (C=O) groups is 1. The molecule has 0 saturated heterocycles. The number of pyridine rings is 1. The van der Waals surface area contributed by atoms with Crippen molar-refractivity contribution in [3.8, 4) is 0 Å². The minimum atomic E-state index is -0.368. The zero-order valence-electron chi connectivity index (χ0n) is 13.8. The molecule has 5 nitrogen and oxygen atoms in total. The van der Waals surface area contributed by atoms with Crippen LogP contribution in [0.25, 0.3) is 0 Å². The van der Waals surface area contributed by atoms with Gasteiger partial charge in [0.2, 0.25) is 0 Å². The highest BCUT2D eigenvalue weighted by Crippen LogP contribution is 2.25. The molecule has 0 aliphatic carbocycles. The first-order valence-corrected chi connectivity index (χ1v) is 7.93. The molecule has 1 aromatic heterocycles. The third kappa shape index (κ3) is 4.29. The number of benzene rings is 1. The lowest BCUT2D eigenvalue weighted by molar-refractivity contribution is 0.0944. The molecular weight excluding hydrogens is 309 g/mol. The summed E-state index contributed by atoms with van der Waals surface area (Å²) in [6, 6.07) is 8.39. The molecule has 128 valence electrons. The average molecular weight is 331 g/mol. The number of nitrogens with one attached hydrogen (secondary N) is 2. The number of nitrogens with zero attached hydrogens (tertiary/aromatic N) is 1. The first kappa shape index (κ1) is 17.9. The molecule has 1 amide bonds. The van der Waals surface area contributed by atoms with Gasteiger partial charge in [-0.1, -0.05) is 13.0 Å². The molecule has 1 heterocycles. The molecule has 1 atom stereocenters. The Hall–Kier alpha value is -2.47. The van der Waals surface area contributed by atoms with Crippen LogP contribution in [-0.2, 0) is 0 Å². The molecular formula is C18H22FN3O2. The van der Waals surface area contributed by atoms with Gasteiger partial charge in [-0.25, -0.2) is 4.39 Å². The minimum absolute atomic E-state index is 0.0833. The number of carbonyl (C=O) groups excluding carboxylic acids is 1. The normalized spacial score (nSPS) is 11.8. The minimum Gasteiger partial charge on any atom is -0.395 e. The molecule has 1 unspecified atom stereocenters. The third-order valence-electron chi connectivity index (χ3n) is 3.82. The quantitative estimate of drug-likeness (QED) is 0.729. The van der Waals surface area contributed by atoms with Crippen LogP contribution in [0.1, 0.15) is 41.0 Å². The average Bonchev–Trinajstić information content (AvgIpc) is 2.59. The zero-order chi connectivity index (χ0) is 17.5. The van der Waals surface area contributed by atoms with Gasteiger partial charge in [-0.2, -0.15) is 0 Å². The highest BCUT2D eigenvalue weighted by atomic mass is 19.1. The molecule has 2 aromatic rings. The Morgan fingerprint density at radius 2 is 2.12 bits per heavy atom. The van der Waals surface area contributed by atoms with Crippen molar-refractivity contribution in [3.05, 3.63) is 59.2 Å². The van der Waals surface area contributed by atoms with Gasteiger partial charge in [-0.15, -0.1) is 0 Å². The van der Waals surface area contributed by atoms with Crippen molar-refractivity contribution in [3.63, 3.8) is 0 Å². The number of rotatable bonds is 7. The maximum Gasteiger partial charge on any atom is 0.251 e. The molecule has 3 N–H and O–H groups in total. The van der Waals surface area contributed by atoms with Gasteiger partial charge in [0.15, 0.2) is 0 Å². The fraction of sp³-hybridized carbons (Fsp3) is 0.333. The standard InChI is InChI=1S/C18H22FN3O2/c1-3-15(17-8-7-13(19)11-21-17)22-16-6-4-5-14(12(16)2)18(24)20-9-10-23/h4-8,11,15,22-23H,3,9-10H2,1-2H3,(H,20,24). The first-order valence-electron chi connectivity index (χ1n) is 7.93. The number of aliphatic hydroxyl groups excluding tert-OH is 1. The maximum absolute atomic E-state index is 13.0. The Kier molecular flexibility index (Phi) is 6.26. The maximum atomic E-state index is 13.0. The fourth-order valence-corrected chi connectivity index (χ4v) is 2.47. The monoisotopic (exact) mass is 331 g/mol. The zero-order valence-corrected chi connectivity index (χ0v) is 13.8. The van der Waals surface area contributed by atoms with E-state index in [1.165, 1.54) is 12.3 Å². The van der Waals surface area contributed by atoms with Crippen LogP contribution in [0.2, 0.25) is 0 Å². The summed E-state index contributed by atoms with van der Waals surface area (Å²) in [5, 5.41) is 14.8. The molecule has 0 aliphatic heterocycles. The van der Waals surface area contributed by atoms with E-state index in [4.69, 9.17) is 5.11 Å². The van der Waals surface area contributed by atoms with E-state index in [0.717, 1.165) is 23.4 Å². The van der Waals surface area contributed by atoms with Crippen LogP contribution in [0, 0.1) is 12.7 Å². The van der Waals surface area contributed by atoms with E-state index in [1.54, 1.807) is 18.2 Å². The molecule has 6 heteroatoms. The lowest BCUT2D eigenvalue weighted by Crippen LogP contribution is -2.27. The van der Waals surface area contributed by atoms with Gasteiger partial charge in [0.25, 0.3) is 5.91 Å². The number of halogens is 1. The van der Waals surface area contributed by atoms with E-state index in [0.29, 0.717) is 5.56 Å². The molecule has 1 aromatic carbocycles. The van der Waals surface area contributed by atoms with Gasteiger partial charge in [-0.3, -0.25) is 9.78 Å². The largest absolute Gasteiger partial charge is 0.395 e. The second-order valence-electron chi connectivity index (χ2n) is 5.46. The summed E-state index contributed by atoms with van der Waals surface area (Å²) in [5.41, 5.74) is 2.93. The molecule has 24 heavy (non-hydrogen) atoms. The second kappa shape index (κ2) is 8.40. The van der Waals surface area contributed by atoms with Gasteiger partial charge in [0.1, 0.15) is 5.82 Å². The predicted octanol–water partition coefficient (Wildman–Crippen LogP) is 2.81. The number of aliphatic hydroxyl groups is 1. The lowest BCUT2D eigenvalue weighted by atomic mass is 10.0. The predicted molar refractivity (Wildman–Crippen MR) is 91.4 cm³/mol. The first-order chi connectivity index (χ1) is 11.6. The van der Waals surface area contributed by atoms with Gasteiger partial charge >= 0.3 is 0 Å². The van der Waals surface area contributed by atoms with Crippen molar-refractivity contribution in [1.29, 1.82) is 0 Å². The smallest absolute Gasteiger partial charge is 0.251 e. The van der Waals surface area contributed by atoms with E-state index in [-0.39, 0.29) is 30.9 Å². The Morgan fingerprint density at radius 3 is 2.75 bits per heavy atom. The number of hydrogen-bond acceptors (Lipinski definition) is 4. The molecule has 0 bridgehead atoms. The molecule has 2 rings (SSSR count). The van der Waals surface area contributed by atoms with Crippen LogP contribution < -0.4 is 10.6 Å². The Balaban J connectivity index is 2.22. The van der Waals surface area contributed by atoms with Crippen LogP contribution in [0.3, 0.4) is 0 Å². The van der Waals surface area contributed by atoms with Crippen molar-refractivity contribution in [2.24, 2.45) is 0 Å². The summed E-state index contributed by atoms with van der Waals surface area (Å²) >= 11 is 0. The Labute approximate surface area is 140 Å². The summed E-state index contributed by atoms with van der Waals surface area (Å²) in [4.78, 5) is 16.3. The summed E-state index contributed by atoms with van der Waals surface area (Å²) in [7, 11) is 0. The van der Waals surface area contributed by atoms with Crippen molar-refractivity contribution < 1.29 is 14.3 Å². The topological polar surface area (TPSA) is 74.2 Å². The van der Waals surface area contributed by atoms with E-state index >= 15 is 0 Å². The molecule has 0 spiro atoms. The summed E-state index contributed by atoms with van der Waals surface area (Å²) in [6.07, 6.45) is 1.96. The van der Waals surface area contributed by atoms with Crippen LogP contribution >= 0.6 is 0 Å². The van der Waals surface area contributed by atoms with Gasteiger partial charge < -0.3 is 15.7 Å². The Morgan fingerprint density at radius 1 is 1.33 bits per heavy atom. The number of amides is 1. The molecule has 0 aliphatic rings. The van der Waals surface area contributed by atoms with E-state index in [2.05, 4.69) is 15.6 Å². The van der Waals surface area contributed by atoms with Crippen molar-refractivity contribution in [1.82, 2.24) is 10.3 Å². The van der Waals surface area contributed by atoms with Gasteiger partial charge in [0.05, 0.1) is 24.5 Å². The van der Waals surface area contributed by atoms with E-state index in [1.807, 2.05) is 19.9 Å². The molecule has 0 saturated carbocycles. The van der Waals surface area contributed by atoms with Crippen LogP contribution in [0.15, 0.2) is 36.5 Å². The highest BCUT2D eigenvalue weighted by Gasteiger charge is 2.15. The Bertz CT molecular complexity index is 689. The van der Waals surface area contributed by atoms with Crippen LogP contribution in [-0.4, -0.2) is 29.1 Å².